The number of nitrogens with one attached hydrogen (secondary N) is 1. The maximum absolute atomic E-state index is 12.5. The highest BCUT2D eigenvalue weighted by molar-refractivity contribution is 6.32. The molecule has 0 unspecified atom stereocenters. The Hall–Kier alpha value is -2.99. The molecule has 0 bridgehead atoms. The fourth-order valence-corrected chi connectivity index (χ4v) is 3.04. The summed E-state index contributed by atoms with van der Waals surface area (Å²) >= 11 is 6.24. The Labute approximate surface area is 169 Å². The fourth-order valence-electron chi connectivity index (χ4n) is 2.77. The largest absolute Gasteiger partial charge is 0.493 e. The first kappa shape index (κ1) is 19.8. The SMILES string of the molecule is CCOc1c(Cl)cc(C(=O)NCc2cnn(Cc3ccccc3)c2)cc1OC. The van der Waals surface area contributed by atoms with Gasteiger partial charge in [0.15, 0.2) is 11.5 Å². The third-order valence-electron chi connectivity index (χ3n) is 4.11. The Morgan fingerprint density at radius 2 is 2.00 bits per heavy atom. The van der Waals surface area contributed by atoms with Gasteiger partial charge in [0.05, 0.1) is 31.5 Å². The third kappa shape index (κ3) is 4.84. The van der Waals surface area contributed by atoms with Crippen LogP contribution in [0.4, 0.5) is 0 Å². The van der Waals surface area contributed by atoms with Gasteiger partial charge in [0.2, 0.25) is 0 Å². The first-order valence-electron chi connectivity index (χ1n) is 8.94. The van der Waals surface area contributed by atoms with Crippen molar-refractivity contribution in [1.29, 1.82) is 0 Å². The molecule has 0 spiro atoms. The summed E-state index contributed by atoms with van der Waals surface area (Å²) in [6.45, 7) is 3.35. The van der Waals surface area contributed by atoms with Crippen molar-refractivity contribution in [2.45, 2.75) is 20.0 Å². The number of halogens is 1. The van der Waals surface area contributed by atoms with Crippen LogP contribution in [0, 0.1) is 0 Å². The molecule has 0 radical (unpaired) electrons. The molecule has 0 aliphatic carbocycles. The number of carbonyl (C=O) groups excluding carboxylic acids is 1. The van der Waals surface area contributed by atoms with Crippen molar-refractivity contribution in [3.8, 4) is 11.5 Å². The van der Waals surface area contributed by atoms with Crippen molar-refractivity contribution in [3.63, 3.8) is 0 Å². The first-order valence-corrected chi connectivity index (χ1v) is 9.32. The lowest BCUT2D eigenvalue weighted by Crippen LogP contribution is -2.22. The highest BCUT2D eigenvalue weighted by Gasteiger charge is 2.15. The van der Waals surface area contributed by atoms with E-state index in [-0.39, 0.29) is 5.91 Å². The Balaban J connectivity index is 1.63. The molecule has 0 aliphatic rings. The molecule has 1 heterocycles. The Bertz CT molecular complexity index is 941. The van der Waals surface area contributed by atoms with Crippen LogP contribution in [0.3, 0.4) is 0 Å². The van der Waals surface area contributed by atoms with Gasteiger partial charge in [0, 0.05) is 23.9 Å². The number of methoxy groups -OCH3 is 1. The number of carbonyl (C=O) groups is 1. The van der Waals surface area contributed by atoms with Crippen molar-refractivity contribution in [3.05, 3.63) is 76.6 Å². The quantitative estimate of drug-likeness (QED) is 0.623. The second kappa shape index (κ2) is 9.28. The lowest BCUT2D eigenvalue weighted by molar-refractivity contribution is 0.0950. The molecule has 0 saturated carbocycles. The van der Waals surface area contributed by atoms with Crippen LogP contribution in [0.5, 0.6) is 11.5 Å². The number of hydrogen-bond acceptors (Lipinski definition) is 4. The van der Waals surface area contributed by atoms with Gasteiger partial charge >= 0.3 is 0 Å². The van der Waals surface area contributed by atoms with Crippen LogP contribution in [0.25, 0.3) is 0 Å². The molecular formula is C21H22ClN3O3. The number of benzene rings is 2. The summed E-state index contributed by atoms with van der Waals surface area (Å²) in [5.41, 5.74) is 2.48. The molecule has 1 aromatic heterocycles. The molecule has 0 aliphatic heterocycles. The number of hydrogen-bond donors (Lipinski definition) is 1. The average Bonchev–Trinajstić information content (AvgIpc) is 3.15. The minimum atomic E-state index is -0.251. The maximum Gasteiger partial charge on any atom is 0.251 e. The molecule has 2 aromatic carbocycles. The zero-order valence-electron chi connectivity index (χ0n) is 15.8. The number of amides is 1. The second-order valence-corrected chi connectivity index (χ2v) is 6.54. The molecule has 1 N–H and O–H groups in total. The third-order valence-corrected chi connectivity index (χ3v) is 4.39. The highest BCUT2D eigenvalue weighted by Crippen LogP contribution is 2.36. The minimum Gasteiger partial charge on any atom is -0.493 e. The van der Waals surface area contributed by atoms with Crippen molar-refractivity contribution in [2.24, 2.45) is 0 Å². The molecule has 0 fully saturated rings. The van der Waals surface area contributed by atoms with Gasteiger partial charge in [-0.2, -0.15) is 5.10 Å². The van der Waals surface area contributed by atoms with E-state index >= 15 is 0 Å². The summed E-state index contributed by atoms with van der Waals surface area (Å²) in [6.07, 6.45) is 3.66. The predicted octanol–water partition coefficient (Wildman–Crippen LogP) is 3.92. The smallest absolute Gasteiger partial charge is 0.251 e. The van der Waals surface area contributed by atoms with E-state index in [0.717, 1.165) is 11.1 Å². The minimum absolute atomic E-state index is 0.251. The average molecular weight is 400 g/mol. The fraction of sp³-hybridized carbons (Fsp3) is 0.238. The van der Waals surface area contributed by atoms with Gasteiger partial charge in [-0.25, -0.2) is 0 Å². The molecule has 7 heteroatoms. The van der Waals surface area contributed by atoms with E-state index < -0.39 is 0 Å². The van der Waals surface area contributed by atoms with Gasteiger partial charge in [-0.3, -0.25) is 9.48 Å². The number of rotatable bonds is 8. The molecule has 3 aromatic rings. The molecule has 1 amide bonds. The summed E-state index contributed by atoms with van der Waals surface area (Å²) in [6, 6.07) is 13.3. The summed E-state index contributed by atoms with van der Waals surface area (Å²) in [7, 11) is 1.51. The van der Waals surface area contributed by atoms with Crippen LogP contribution < -0.4 is 14.8 Å². The Morgan fingerprint density at radius 1 is 1.21 bits per heavy atom. The van der Waals surface area contributed by atoms with Crippen molar-refractivity contribution >= 4 is 17.5 Å². The topological polar surface area (TPSA) is 65.4 Å². The van der Waals surface area contributed by atoms with Gasteiger partial charge < -0.3 is 14.8 Å². The predicted molar refractivity (Wildman–Crippen MR) is 108 cm³/mol. The highest BCUT2D eigenvalue weighted by atomic mass is 35.5. The van der Waals surface area contributed by atoms with Crippen LogP contribution in [0.2, 0.25) is 5.02 Å². The van der Waals surface area contributed by atoms with Crippen LogP contribution in [0.15, 0.2) is 54.9 Å². The molecule has 146 valence electrons. The van der Waals surface area contributed by atoms with Gasteiger partial charge in [0.1, 0.15) is 0 Å². The van der Waals surface area contributed by atoms with Gasteiger partial charge in [0.25, 0.3) is 5.91 Å². The Kier molecular flexibility index (Phi) is 6.55. The zero-order chi connectivity index (χ0) is 19.9. The van der Waals surface area contributed by atoms with Gasteiger partial charge in [-0.05, 0) is 24.6 Å². The van der Waals surface area contributed by atoms with Gasteiger partial charge in [-0.15, -0.1) is 0 Å². The molecule has 0 atom stereocenters. The molecule has 0 saturated heterocycles. The number of aromatic nitrogens is 2. The summed E-state index contributed by atoms with van der Waals surface area (Å²) < 4.78 is 12.6. The van der Waals surface area contributed by atoms with E-state index in [4.69, 9.17) is 21.1 Å². The molecule has 3 rings (SSSR count). The lowest BCUT2D eigenvalue weighted by atomic mass is 10.2. The van der Waals surface area contributed by atoms with Crippen LogP contribution >= 0.6 is 11.6 Å². The molecule has 6 nitrogen and oxygen atoms in total. The summed E-state index contributed by atoms with van der Waals surface area (Å²) in [4.78, 5) is 12.5. The summed E-state index contributed by atoms with van der Waals surface area (Å²) in [5.74, 6) is 0.611. The first-order chi connectivity index (χ1) is 13.6. The Morgan fingerprint density at radius 3 is 2.71 bits per heavy atom. The maximum atomic E-state index is 12.5. The summed E-state index contributed by atoms with van der Waals surface area (Å²) in [5, 5.41) is 7.55. The van der Waals surface area contributed by atoms with Crippen LogP contribution in [-0.2, 0) is 13.1 Å². The van der Waals surface area contributed by atoms with Crippen molar-refractivity contribution in [2.75, 3.05) is 13.7 Å². The van der Waals surface area contributed by atoms with Crippen LogP contribution in [0.1, 0.15) is 28.4 Å². The second-order valence-electron chi connectivity index (χ2n) is 6.14. The normalized spacial score (nSPS) is 10.5. The van der Waals surface area contributed by atoms with E-state index in [2.05, 4.69) is 10.4 Å². The lowest BCUT2D eigenvalue weighted by Gasteiger charge is -2.13. The molecular weight excluding hydrogens is 378 g/mol. The zero-order valence-corrected chi connectivity index (χ0v) is 16.6. The standard InChI is InChI=1S/C21H22ClN3O3/c1-3-28-20-18(22)9-17(10-19(20)27-2)21(26)23-11-16-12-24-25(14-16)13-15-7-5-4-6-8-15/h4-10,12,14H,3,11,13H2,1-2H3,(H,23,26). The van der Waals surface area contributed by atoms with E-state index in [0.29, 0.717) is 41.8 Å². The molecule has 28 heavy (non-hydrogen) atoms. The monoisotopic (exact) mass is 399 g/mol. The van der Waals surface area contributed by atoms with Crippen molar-refractivity contribution in [1.82, 2.24) is 15.1 Å². The van der Waals surface area contributed by atoms with Crippen LogP contribution in [-0.4, -0.2) is 29.4 Å². The van der Waals surface area contributed by atoms with E-state index in [1.807, 2.05) is 48.1 Å². The van der Waals surface area contributed by atoms with E-state index in [1.165, 1.54) is 7.11 Å². The van der Waals surface area contributed by atoms with E-state index in [1.54, 1.807) is 18.3 Å². The van der Waals surface area contributed by atoms with E-state index in [9.17, 15) is 4.79 Å². The number of nitrogens with zero attached hydrogens (tertiary/aromatic N) is 2. The van der Waals surface area contributed by atoms with Gasteiger partial charge in [-0.1, -0.05) is 41.9 Å². The van der Waals surface area contributed by atoms with Crippen molar-refractivity contribution < 1.29 is 14.3 Å². The number of ether oxygens (including phenoxy) is 2.